The Labute approximate surface area is 195 Å². The maximum atomic E-state index is 12.3. The summed E-state index contributed by atoms with van der Waals surface area (Å²) in [6.45, 7) is 4.54. The van der Waals surface area contributed by atoms with Gasteiger partial charge < -0.3 is 10.3 Å². The summed E-state index contributed by atoms with van der Waals surface area (Å²) < 4.78 is 35.8. The molecule has 2 aromatic carbocycles. The van der Waals surface area contributed by atoms with Crippen LogP contribution in [0, 0.1) is 0 Å². The van der Waals surface area contributed by atoms with Gasteiger partial charge in [0, 0.05) is 48.0 Å². The molecule has 33 heavy (non-hydrogen) atoms. The van der Waals surface area contributed by atoms with E-state index in [1.54, 1.807) is 0 Å². The summed E-state index contributed by atoms with van der Waals surface area (Å²) in [6, 6.07) is 17.0. The van der Waals surface area contributed by atoms with Crippen LogP contribution in [0.4, 0.5) is 10.1 Å². The fraction of sp³-hybridized carbons (Fsp3) is 0.440. The topological polar surface area (TPSA) is 68.4 Å². The molecule has 0 saturated carbocycles. The zero-order valence-corrected chi connectivity index (χ0v) is 19.7. The number of benzene rings is 2. The number of nitrogens with zero attached hydrogens (tertiary/aromatic N) is 2. The first-order chi connectivity index (χ1) is 16.0. The SMILES string of the molecule is C[C@@H]1Cc2c([nH]c3ccccc23)[C@H](c2ccc(NC3CN(CCCF)C3)cc2)N1C[SH](=O)=O. The van der Waals surface area contributed by atoms with Crippen LogP contribution in [0.15, 0.2) is 48.5 Å². The summed E-state index contributed by atoms with van der Waals surface area (Å²) in [7, 11) is -2.53. The van der Waals surface area contributed by atoms with Crippen molar-refractivity contribution in [1.29, 1.82) is 0 Å². The first-order valence-electron chi connectivity index (χ1n) is 11.7. The molecule has 8 heteroatoms. The third-order valence-electron chi connectivity index (χ3n) is 6.96. The fourth-order valence-electron chi connectivity index (χ4n) is 5.34. The molecule has 6 nitrogen and oxygen atoms in total. The van der Waals surface area contributed by atoms with Gasteiger partial charge in [-0.15, -0.1) is 0 Å². The molecule has 0 spiro atoms. The maximum absolute atomic E-state index is 12.3. The van der Waals surface area contributed by atoms with E-state index in [-0.39, 0.29) is 24.6 Å². The van der Waals surface area contributed by atoms with Gasteiger partial charge in [-0.3, -0.25) is 14.2 Å². The van der Waals surface area contributed by atoms with E-state index in [0.29, 0.717) is 12.5 Å². The number of likely N-dealkylation sites (tertiary alicyclic amines) is 1. The number of fused-ring (bicyclic) bond motifs is 3. The van der Waals surface area contributed by atoms with Gasteiger partial charge in [0.1, 0.15) is 5.88 Å². The number of anilines is 1. The Morgan fingerprint density at radius 1 is 1.12 bits per heavy atom. The lowest BCUT2D eigenvalue weighted by atomic mass is 9.89. The molecule has 2 aliphatic rings. The molecule has 0 unspecified atom stereocenters. The van der Waals surface area contributed by atoms with Crippen LogP contribution in [0.25, 0.3) is 10.9 Å². The van der Waals surface area contributed by atoms with Crippen LogP contribution >= 0.6 is 0 Å². The molecule has 0 aliphatic carbocycles. The van der Waals surface area contributed by atoms with E-state index in [9.17, 15) is 12.8 Å². The Bertz CT molecular complexity index is 1180. The highest BCUT2D eigenvalue weighted by atomic mass is 32.2. The Hall–Kier alpha value is -2.42. The van der Waals surface area contributed by atoms with E-state index in [0.717, 1.165) is 48.5 Å². The minimum atomic E-state index is -2.53. The molecule has 5 rings (SSSR count). The number of halogens is 1. The van der Waals surface area contributed by atoms with Gasteiger partial charge in [-0.1, -0.05) is 30.3 Å². The van der Waals surface area contributed by atoms with Crippen molar-refractivity contribution in [3.63, 3.8) is 0 Å². The van der Waals surface area contributed by atoms with Gasteiger partial charge in [0.2, 0.25) is 0 Å². The Balaban J connectivity index is 1.40. The van der Waals surface area contributed by atoms with Crippen LogP contribution < -0.4 is 5.32 Å². The summed E-state index contributed by atoms with van der Waals surface area (Å²) in [5.74, 6) is 0.0345. The predicted molar refractivity (Wildman–Crippen MR) is 131 cm³/mol. The highest BCUT2D eigenvalue weighted by molar-refractivity contribution is 7.72. The summed E-state index contributed by atoms with van der Waals surface area (Å²) >= 11 is 0. The van der Waals surface area contributed by atoms with Crippen molar-refractivity contribution in [2.24, 2.45) is 0 Å². The zero-order valence-electron chi connectivity index (χ0n) is 18.8. The highest BCUT2D eigenvalue weighted by Crippen LogP contribution is 2.40. The van der Waals surface area contributed by atoms with E-state index >= 15 is 0 Å². The van der Waals surface area contributed by atoms with Gasteiger partial charge >= 0.3 is 0 Å². The average molecular weight is 471 g/mol. The molecule has 2 atom stereocenters. The van der Waals surface area contributed by atoms with Crippen LogP contribution in [-0.2, 0) is 17.1 Å². The molecule has 3 aromatic rings. The first kappa shape index (κ1) is 22.4. The number of rotatable bonds is 8. The monoisotopic (exact) mass is 470 g/mol. The Kier molecular flexibility index (Phi) is 6.40. The summed E-state index contributed by atoms with van der Waals surface area (Å²) in [4.78, 5) is 7.93. The number of H-pyrrole nitrogens is 1. The largest absolute Gasteiger partial charge is 0.380 e. The second kappa shape index (κ2) is 9.44. The van der Waals surface area contributed by atoms with Crippen molar-refractivity contribution in [3.8, 4) is 0 Å². The number of aromatic nitrogens is 1. The number of alkyl halides is 1. The number of para-hydroxylation sites is 1. The van der Waals surface area contributed by atoms with Crippen LogP contribution in [0.3, 0.4) is 0 Å². The molecule has 2 N–H and O–H groups in total. The molecule has 2 aliphatic heterocycles. The van der Waals surface area contributed by atoms with Gasteiger partial charge in [0.05, 0.1) is 18.8 Å². The molecule has 1 saturated heterocycles. The standard InChI is InChI=1S/C25H31FN4O2S/c1-17-13-22-21-5-2-3-6-23(21)28-24(22)25(30(17)16-33(31)32)18-7-9-19(10-8-18)27-20-14-29(15-20)12-4-11-26/h2-3,5-10,17,20,25,27-28,33H,4,11-16H2,1H3/t17-,25+/m1/s1. The minimum absolute atomic E-state index is 0.0345. The fourth-order valence-corrected chi connectivity index (χ4v) is 6.05. The van der Waals surface area contributed by atoms with Crippen LogP contribution in [0.5, 0.6) is 0 Å². The van der Waals surface area contributed by atoms with Crippen LogP contribution in [0.2, 0.25) is 0 Å². The van der Waals surface area contributed by atoms with E-state index in [2.05, 4.69) is 69.5 Å². The second-order valence-electron chi connectivity index (χ2n) is 9.27. The van der Waals surface area contributed by atoms with Gasteiger partial charge in [0.25, 0.3) is 0 Å². The zero-order chi connectivity index (χ0) is 22.9. The molecule has 0 bridgehead atoms. The second-order valence-corrected chi connectivity index (χ2v) is 10.2. The van der Waals surface area contributed by atoms with Crippen molar-refractivity contribution in [2.75, 3.05) is 37.5 Å². The lowest BCUT2D eigenvalue weighted by Crippen LogP contribution is -2.54. The van der Waals surface area contributed by atoms with Crippen LogP contribution in [0.1, 0.15) is 36.2 Å². The predicted octanol–water partition coefficient (Wildman–Crippen LogP) is 3.53. The van der Waals surface area contributed by atoms with Crippen molar-refractivity contribution in [2.45, 2.75) is 37.9 Å². The number of aromatic amines is 1. The van der Waals surface area contributed by atoms with Crippen molar-refractivity contribution >= 4 is 27.3 Å². The van der Waals surface area contributed by atoms with E-state index in [1.807, 2.05) is 6.07 Å². The van der Waals surface area contributed by atoms with Gasteiger partial charge in [0.15, 0.2) is 10.7 Å². The van der Waals surface area contributed by atoms with E-state index in [4.69, 9.17) is 0 Å². The number of hydrogen-bond acceptors (Lipinski definition) is 5. The third-order valence-corrected chi connectivity index (χ3v) is 7.52. The Morgan fingerprint density at radius 3 is 2.61 bits per heavy atom. The van der Waals surface area contributed by atoms with Crippen molar-refractivity contribution < 1.29 is 12.8 Å². The summed E-state index contributed by atoms with van der Waals surface area (Å²) in [6.07, 6.45) is 1.42. The molecular formula is C25H31FN4O2S. The number of thiol groups is 1. The quantitative estimate of drug-likeness (QED) is 0.440. The molecule has 0 amide bonds. The maximum Gasteiger partial charge on any atom is 0.153 e. The molecule has 1 fully saturated rings. The lowest BCUT2D eigenvalue weighted by Gasteiger charge is -2.40. The van der Waals surface area contributed by atoms with Crippen molar-refractivity contribution in [1.82, 2.24) is 14.8 Å². The number of nitrogens with one attached hydrogen (secondary N) is 2. The molecule has 0 radical (unpaired) electrons. The summed E-state index contributed by atoms with van der Waals surface area (Å²) in [5, 5.41) is 4.77. The lowest BCUT2D eigenvalue weighted by molar-refractivity contribution is 0.155. The van der Waals surface area contributed by atoms with E-state index < -0.39 is 10.7 Å². The number of hydrogen-bond donors (Lipinski definition) is 3. The minimum Gasteiger partial charge on any atom is -0.380 e. The Morgan fingerprint density at radius 2 is 1.88 bits per heavy atom. The van der Waals surface area contributed by atoms with Gasteiger partial charge in [-0.05, 0) is 49.1 Å². The molecular weight excluding hydrogens is 439 g/mol. The normalized spacial score (nSPS) is 21.9. The third kappa shape index (κ3) is 4.52. The average Bonchev–Trinajstić information content (AvgIpc) is 3.14. The van der Waals surface area contributed by atoms with Crippen LogP contribution in [-0.4, -0.2) is 67.5 Å². The van der Waals surface area contributed by atoms with E-state index in [1.165, 1.54) is 10.9 Å². The smallest absolute Gasteiger partial charge is 0.153 e. The summed E-state index contributed by atoms with van der Waals surface area (Å²) in [5.41, 5.74) is 5.60. The molecule has 3 heterocycles. The highest BCUT2D eigenvalue weighted by Gasteiger charge is 2.36. The first-order valence-corrected chi connectivity index (χ1v) is 13.0. The molecule has 1 aromatic heterocycles. The molecule has 176 valence electrons. The van der Waals surface area contributed by atoms with Gasteiger partial charge in [-0.25, -0.2) is 8.42 Å². The van der Waals surface area contributed by atoms with Gasteiger partial charge in [-0.2, -0.15) is 0 Å². The van der Waals surface area contributed by atoms with Crippen molar-refractivity contribution in [3.05, 3.63) is 65.4 Å².